The molecule has 0 N–H and O–H groups in total. The highest BCUT2D eigenvalue weighted by Gasteiger charge is 2.09. The molecule has 0 atom stereocenters. The summed E-state index contributed by atoms with van der Waals surface area (Å²) in [5.41, 5.74) is 3.80. The monoisotopic (exact) mass is 385 g/mol. The summed E-state index contributed by atoms with van der Waals surface area (Å²) in [4.78, 5) is 14.1. The molecule has 0 radical (unpaired) electrons. The van der Waals surface area contributed by atoms with Crippen molar-refractivity contribution in [3.63, 3.8) is 0 Å². The van der Waals surface area contributed by atoms with Gasteiger partial charge < -0.3 is 4.42 Å². The predicted octanol–water partition coefficient (Wildman–Crippen LogP) is 4.75. The summed E-state index contributed by atoms with van der Waals surface area (Å²) in [7, 11) is 2.06. The van der Waals surface area contributed by atoms with Gasteiger partial charge in [-0.3, -0.25) is 4.90 Å². The SMILES string of the molecule is CCc1ccc2c(CN(C)Cc3ccc(Br)cc3)cc(=O)oc2c1. The second-order valence-electron chi connectivity index (χ2n) is 6.07. The van der Waals surface area contributed by atoms with E-state index in [-0.39, 0.29) is 5.63 Å². The fourth-order valence-electron chi connectivity index (χ4n) is 2.87. The fraction of sp³-hybridized carbons (Fsp3) is 0.250. The summed E-state index contributed by atoms with van der Waals surface area (Å²) in [5, 5.41) is 1.01. The van der Waals surface area contributed by atoms with E-state index >= 15 is 0 Å². The summed E-state index contributed by atoms with van der Waals surface area (Å²) in [6.07, 6.45) is 0.924. The van der Waals surface area contributed by atoms with Crippen LogP contribution in [0.15, 0.2) is 62.2 Å². The van der Waals surface area contributed by atoms with E-state index in [1.54, 1.807) is 6.07 Å². The smallest absolute Gasteiger partial charge is 0.336 e. The van der Waals surface area contributed by atoms with E-state index in [1.807, 2.05) is 18.2 Å². The number of hydrogen-bond donors (Lipinski definition) is 0. The third kappa shape index (κ3) is 3.94. The molecule has 0 aliphatic carbocycles. The molecule has 24 heavy (non-hydrogen) atoms. The number of halogens is 1. The second-order valence-corrected chi connectivity index (χ2v) is 6.99. The molecule has 0 spiro atoms. The number of fused-ring (bicyclic) bond motifs is 1. The minimum absolute atomic E-state index is 0.289. The van der Waals surface area contributed by atoms with Crippen molar-refractivity contribution in [2.75, 3.05) is 7.05 Å². The number of nitrogens with zero attached hydrogens (tertiary/aromatic N) is 1. The van der Waals surface area contributed by atoms with Crippen LogP contribution in [0, 0.1) is 0 Å². The predicted molar refractivity (Wildman–Crippen MR) is 101 cm³/mol. The third-order valence-corrected chi connectivity index (χ3v) is 4.64. The van der Waals surface area contributed by atoms with Crippen molar-refractivity contribution in [3.8, 4) is 0 Å². The van der Waals surface area contributed by atoms with Crippen LogP contribution in [-0.4, -0.2) is 11.9 Å². The maximum Gasteiger partial charge on any atom is 0.336 e. The average molecular weight is 386 g/mol. The van der Waals surface area contributed by atoms with Crippen LogP contribution in [0.25, 0.3) is 11.0 Å². The van der Waals surface area contributed by atoms with Gasteiger partial charge in [-0.1, -0.05) is 47.1 Å². The Morgan fingerprint density at radius 3 is 2.42 bits per heavy atom. The van der Waals surface area contributed by atoms with Crippen molar-refractivity contribution >= 4 is 26.9 Å². The van der Waals surface area contributed by atoms with E-state index in [0.29, 0.717) is 12.1 Å². The van der Waals surface area contributed by atoms with Gasteiger partial charge in [0, 0.05) is 29.0 Å². The summed E-state index contributed by atoms with van der Waals surface area (Å²) in [6.45, 7) is 3.61. The lowest BCUT2D eigenvalue weighted by molar-refractivity contribution is 0.319. The van der Waals surface area contributed by atoms with Gasteiger partial charge in [-0.15, -0.1) is 0 Å². The number of rotatable bonds is 5. The van der Waals surface area contributed by atoms with E-state index in [4.69, 9.17) is 4.42 Å². The quantitative estimate of drug-likeness (QED) is 0.594. The molecule has 0 unspecified atom stereocenters. The summed E-state index contributed by atoms with van der Waals surface area (Å²) in [6, 6.07) is 16.0. The Hall–Kier alpha value is -1.91. The molecular formula is C20H20BrNO2. The van der Waals surface area contributed by atoms with Crippen LogP contribution in [0.1, 0.15) is 23.6 Å². The van der Waals surface area contributed by atoms with Crippen molar-refractivity contribution in [2.45, 2.75) is 26.4 Å². The Morgan fingerprint density at radius 1 is 1.00 bits per heavy atom. The molecular weight excluding hydrogens is 366 g/mol. The number of aryl methyl sites for hydroxylation is 1. The molecule has 124 valence electrons. The van der Waals surface area contributed by atoms with Crippen LogP contribution in [0.4, 0.5) is 0 Å². The molecule has 3 rings (SSSR count). The average Bonchev–Trinajstić information content (AvgIpc) is 2.56. The second kappa shape index (κ2) is 7.32. The maximum atomic E-state index is 11.9. The Kier molecular flexibility index (Phi) is 5.17. The highest BCUT2D eigenvalue weighted by Crippen LogP contribution is 2.21. The molecule has 0 amide bonds. The molecule has 3 aromatic rings. The molecule has 0 aliphatic rings. The van der Waals surface area contributed by atoms with Crippen LogP contribution in [-0.2, 0) is 19.5 Å². The van der Waals surface area contributed by atoms with Crippen molar-refractivity contribution in [2.24, 2.45) is 0 Å². The number of hydrogen-bond acceptors (Lipinski definition) is 3. The highest BCUT2D eigenvalue weighted by atomic mass is 79.9. The van der Waals surface area contributed by atoms with Crippen molar-refractivity contribution in [3.05, 3.63) is 80.1 Å². The molecule has 4 heteroatoms. The summed E-state index contributed by atoms with van der Waals surface area (Å²) >= 11 is 3.45. The van der Waals surface area contributed by atoms with Gasteiger partial charge in [-0.25, -0.2) is 4.79 Å². The van der Waals surface area contributed by atoms with Gasteiger partial charge >= 0.3 is 5.63 Å². The largest absolute Gasteiger partial charge is 0.423 e. The topological polar surface area (TPSA) is 33.5 Å². The van der Waals surface area contributed by atoms with E-state index < -0.39 is 0 Å². The Balaban J connectivity index is 1.86. The van der Waals surface area contributed by atoms with Gasteiger partial charge in [-0.05, 0) is 48.4 Å². The first-order valence-corrected chi connectivity index (χ1v) is 8.83. The van der Waals surface area contributed by atoms with E-state index in [9.17, 15) is 4.79 Å². The van der Waals surface area contributed by atoms with Gasteiger partial charge in [-0.2, -0.15) is 0 Å². The fourth-order valence-corrected chi connectivity index (χ4v) is 3.14. The molecule has 1 aromatic heterocycles. The minimum Gasteiger partial charge on any atom is -0.423 e. The molecule has 0 bridgehead atoms. The zero-order valence-electron chi connectivity index (χ0n) is 13.9. The van der Waals surface area contributed by atoms with Crippen LogP contribution in [0.5, 0.6) is 0 Å². The van der Waals surface area contributed by atoms with Crippen molar-refractivity contribution in [1.82, 2.24) is 4.90 Å². The zero-order chi connectivity index (χ0) is 17.1. The first kappa shape index (κ1) is 16.9. The Bertz CT molecular complexity index is 900. The van der Waals surface area contributed by atoms with E-state index in [0.717, 1.165) is 28.4 Å². The van der Waals surface area contributed by atoms with Gasteiger partial charge in [0.25, 0.3) is 0 Å². The first-order chi connectivity index (χ1) is 11.5. The first-order valence-electron chi connectivity index (χ1n) is 8.04. The maximum absolute atomic E-state index is 11.9. The van der Waals surface area contributed by atoms with Gasteiger partial charge in [0.15, 0.2) is 0 Å². The Morgan fingerprint density at radius 2 is 1.71 bits per heavy atom. The molecule has 0 saturated carbocycles. The minimum atomic E-state index is -0.289. The van der Waals surface area contributed by atoms with Gasteiger partial charge in [0.05, 0.1) is 0 Å². The summed E-state index contributed by atoms with van der Waals surface area (Å²) < 4.78 is 6.45. The van der Waals surface area contributed by atoms with Gasteiger partial charge in [0.2, 0.25) is 0 Å². The lowest BCUT2D eigenvalue weighted by Crippen LogP contribution is -2.18. The lowest BCUT2D eigenvalue weighted by atomic mass is 10.1. The molecule has 0 aliphatic heterocycles. The molecule has 1 heterocycles. The molecule has 0 fully saturated rings. The lowest BCUT2D eigenvalue weighted by Gasteiger charge is -2.18. The third-order valence-electron chi connectivity index (χ3n) is 4.11. The zero-order valence-corrected chi connectivity index (χ0v) is 15.5. The highest BCUT2D eigenvalue weighted by molar-refractivity contribution is 9.10. The van der Waals surface area contributed by atoms with E-state index in [1.165, 1.54) is 11.1 Å². The van der Waals surface area contributed by atoms with E-state index in [2.05, 4.69) is 59.1 Å². The van der Waals surface area contributed by atoms with Crippen LogP contribution >= 0.6 is 15.9 Å². The number of benzene rings is 2. The van der Waals surface area contributed by atoms with Crippen LogP contribution in [0.2, 0.25) is 0 Å². The normalized spacial score (nSPS) is 11.3. The van der Waals surface area contributed by atoms with Gasteiger partial charge in [0.1, 0.15) is 5.58 Å². The summed E-state index contributed by atoms with van der Waals surface area (Å²) in [5.74, 6) is 0. The standard InChI is InChI=1S/C20H20BrNO2/c1-3-14-6-9-18-16(11-20(23)24-19(18)10-14)13-22(2)12-15-4-7-17(21)8-5-15/h4-11H,3,12-13H2,1-2H3. The van der Waals surface area contributed by atoms with Crippen molar-refractivity contribution < 1.29 is 4.42 Å². The van der Waals surface area contributed by atoms with Crippen LogP contribution < -0.4 is 5.63 Å². The molecule has 0 saturated heterocycles. The Labute approximate surface area is 150 Å². The van der Waals surface area contributed by atoms with Crippen molar-refractivity contribution in [1.29, 1.82) is 0 Å². The van der Waals surface area contributed by atoms with Crippen LogP contribution in [0.3, 0.4) is 0 Å². The molecule has 2 aromatic carbocycles. The molecule has 3 nitrogen and oxygen atoms in total.